The highest BCUT2D eigenvalue weighted by Gasteiger charge is 2.27. The first-order valence-corrected chi connectivity index (χ1v) is 8.74. The van der Waals surface area contributed by atoms with Gasteiger partial charge in [0.05, 0.1) is 12.4 Å². The molecule has 0 fully saturated rings. The summed E-state index contributed by atoms with van der Waals surface area (Å²) in [5.41, 5.74) is 1.73. The number of hydrogen-bond acceptors (Lipinski definition) is 6. The molecule has 0 aliphatic carbocycles. The van der Waals surface area contributed by atoms with E-state index >= 15 is 0 Å². The Morgan fingerprint density at radius 2 is 1.71 bits per heavy atom. The first kappa shape index (κ1) is 21.4. The highest BCUT2D eigenvalue weighted by molar-refractivity contribution is 6.43. The number of rotatable bonds is 9. The van der Waals surface area contributed by atoms with Crippen molar-refractivity contribution in [3.63, 3.8) is 0 Å². The molecule has 0 saturated heterocycles. The maximum absolute atomic E-state index is 12.3. The van der Waals surface area contributed by atoms with Crippen molar-refractivity contribution >= 4 is 19.0 Å². The van der Waals surface area contributed by atoms with Crippen LogP contribution in [0, 0.1) is 0 Å². The molecule has 1 unspecified atom stereocenters. The van der Waals surface area contributed by atoms with Crippen molar-refractivity contribution in [1.29, 1.82) is 0 Å². The fraction of sp³-hybridized carbons (Fsp3) is 0.263. The van der Waals surface area contributed by atoms with Gasteiger partial charge in [0.1, 0.15) is 11.3 Å². The third-order valence-electron chi connectivity index (χ3n) is 4.26. The number of aromatic hydroxyl groups is 1. The van der Waals surface area contributed by atoms with E-state index in [9.17, 15) is 24.7 Å². The van der Waals surface area contributed by atoms with Crippen molar-refractivity contribution in [3.05, 3.63) is 64.7 Å². The number of carboxylic acids is 1. The second kappa shape index (κ2) is 9.89. The van der Waals surface area contributed by atoms with Crippen molar-refractivity contribution < 1.29 is 29.9 Å². The molecule has 6 N–H and O–H groups in total. The molecule has 0 aliphatic rings. The lowest BCUT2D eigenvalue weighted by atomic mass is 9.75. The number of carbonyl (C=O) groups is 2. The molecule has 1 amide bonds. The minimum absolute atomic E-state index is 0.0458. The van der Waals surface area contributed by atoms with Crippen LogP contribution in [0.5, 0.6) is 5.75 Å². The number of carboxylic acid groups (broad SMARTS) is 1. The minimum Gasteiger partial charge on any atom is -0.507 e. The van der Waals surface area contributed by atoms with E-state index < -0.39 is 30.7 Å². The van der Waals surface area contributed by atoms with Crippen molar-refractivity contribution in [2.75, 3.05) is 7.05 Å². The number of amides is 1. The van der Waals surface area contributed by atoms with Crippen molar-refractivity contribution in [2.45, 2.75) is 25.3 Å². The monoisotopic (exact) mass is 386 g/mol. The zero-order chi connectivity index (χ0) is 20.7. The van der Waals surface area contributed by atoms with Gasteiger partial charge in [-0.15, -0.1) is 0 Å². The van der Waals surface area contributed by atoms with Crippen LogP contribution in [0.25, 0.3) is 0 Å². The SMILES string of the molecule is CNCc1ccc(CC(=O)NC(Cc2cccc(C(=O)O)c2O)B(O)O)cc1. The zero-order valence-corrected chi connectivity index (χ0v) is 15.4. The Morgan fingerprint density at radius 1 is 1.07 bits per heavy atom. The van der Waals surface area contributed by atoms with Gasteiger partial charge in [-0.3, -0.25) is 4.79 Å². The van der Waals surface area contributed by atoms with E-state index in [-0.39, 0.29) is 24.0 Å². The average Bonchev–Trinajstić information content (AvgIpc) is 2.64. The molecule has 0 radical (unpaired) electrons. The molecule has 0 aliphatic heterocycles. The van der Waals surface area contributed by atoms with Crippen LogP contribution in [-0.2, 0) is 24.2 Å². The van der Waals surface area contributed by atoms with Crippen LogP contribution in [0.2, 0.25) is 0 Å². The number of para-hydroxylation sites is 1. The van der Waals surface area contributed by atoms with Gasteiger partial charge in [0, 0.05) is 6.54 Å². The number of nitrogens with one attached hydrogen (secondary N) is 2. The molecular formula is C19H23BN2O6. The number of aromatic carboxylic acids is 1. The highest BCUT2D eigenvalue weighted by atomic mass is 16.4. The fourth-order valence-electron chi connectivity index (χ4n) is 2.82. The molecule has 148 valence electrons. The van der Waals surface area contributed by atoms with Crippen LogP contribution < -0.4 is 10.6 Å². The third-order valence-corrected chi connectivity index (χ3v) is 4.26. The summed E-state index contributed by atoms with van der Waals surface area (Å²) in [7, 11) is -0.0408. The van der Waals surface area contributed by atoms with E-state index in [1.807, 2.05) is 31.3 Å². The van der Waals surface area contributed by atoms with Gasteiger partial charge in [0.15, 0.2) is 0 Å². The molecule has 0 heterocycles. The summed E-state index contributed by atoms with van der Waals surface area (Å²) in [6.45, 7) is 0.712. The molecule has 0 spiro atoms. The lowest BCUT2D eigenvalue weighted by Crippen LogP contribution is -2.48. The van der Waals surface area contributed by atoms with Gasteiger partial charge in [-0.1, -0.05) is 36.4 Å². The number of hydrogen-bond donors (Lipinski definition) is 6. The molecule has 0 bridgehead atoms. The Morgan fingerprint density at radius 3 is 2.29 bits per heavy atom. The summed E-state index contributed by atoms with van der Waals surface area (Å²) in [5, 5.41) is 43.9. The Kier molecular flexibility index (Phi) is 7.56. The van der Waals surface area contributed by atoms with Gasteiger partial charge < -0.3 is 30.9 Å². The van der Waals surface area contributed by atoms with E-state index in [1.165, 1.54) is 18.2 Å². The minimum atomic E-state index is -1.88. The van der Waals surface area contributed by atoms with Crippen LogP contribution in [0.15, 0.2) is 42.5 Å². The first-order valence-electron chi connectivity index (χ1n) is 8.74. The Hall–Kier alpha value is -2.88. The summed E-state index contributed by atoms with van der Waals surface area (Å²) in [6, 6.07) is 11.6. The molecule has 0 saturated carbocycles. The average molecular weight is 386 g/mol. The molecule has 2 aromatic rings. The first-order chi connectivity index (χ1) is 13.3. The van der Waals surface area contributed by atoms with Crippen molar-refractivity contribution in [1.82, 2.24) is 10.6 Å². The number of phenols is 1. The summed E-state index contributed by atoms with van der Waals surface area (Å²) in [6.07, 6.45) is -0.0956. The Bertz CT molecular complexity index is 826. The fourth-order valence-corrected chi connectivity index (χ4v) is 2.82. The smallest absolute Gasteiger partial charge is 0.475 e. The van der Waals surface area contributed by atoms with Crippen LogP contribution in [0.4, 0.5) is 0 Å². The standard InChI is InChI=1S/C19H23BN2O6/c1-21-11-13-7-5-12(6-8-13)9-17(23)22-16(20(27)28)10-14-3-2-4-15(18(14)24)19(25)26/h2-8,16,21,24,27-28H,9-11H2,1H3,(H,22,23)(H,25,26). The van der Waals surface area contributed by atoms with Gasteiger partial charge in [-0.25, -0.2) is 4.79 Å². The molecule has 9 heteroatoms. The highest BCUT2D eigenvalue weighted by Crippen LogP contribution is 2.24. The van der Waals surface area contributed by atoms with Gasteiger partial charge in [-0.05, 0) is 36.2 Å². The van der Waals surface area contributed by atoms with Gasteiger partial charge in [0.25, 0.3) is 0 Å². The van der Waals surface area contributed by atoms with Crippen LogP contribution in [0.3, 0.4) is 0 Å². The Labute approximate surface area is 163 Å². The number of benzene rings is 2. The second-order valence-corrected chi connectivity index (χ2v) is 6.43. The van der Waals surface area contributed by atoms with Crippen molar-refractivity contribution in [2.24, 2.45) is 0 Å². The predicted octanol–water partition coefficient (Wildman–Crippen LogP) is 0.0918. The third kappa shape index (κ3) is 5.81. The van der Waals surface area contributed by atoms with Crippen LogP contribution >= 0.6 is 0 Å². The molecule has 28 heavy (non-hydrogen) atoms. The van der Waals surface area contributed by atoms with E-state index in [2.05, 4.69) is 10.6 Å². The van der Waals surface area contributed by atoms with Gasteiger partial charge in [-0.2, -0.15) is 0 Å². The molecule has 2 rings (SSSR count). The van der Waals surface area contributed by atoms with Crippen LogP contribution in [-0.4, -0.2) is 52.2 Å². The molecule has 1 atom stereocenters. The largest absolute Gasteiger partial charge is 0.507 e. The molecule has 8 nitrogen and oxygen atoms in total. The van der Waals surface area contributed by atoms with E-state index in [4.69, 9.17) is 5.11 Å². The lowest BCUT2D eigenvalue weighted by molar-refractivity contribution is -0.120. The van der Waals surface area contributed by atoms with E-state index in [1.54, 1.807) is 0 Å². The van der Waals surface area contributed by atoms with Gasteiger partial charge >= 0.3 is 13.1 Å². The normalized spacial score (nSPS) is 11.7. The summed E-state index contributed by atoms with van der Waals surface area (Å²) in [4.78, 5) is 23.4. The van der Waals surface area contributed by atoms with Gasteiger partial charge in [0.2, 0.25) is 5.91 Å². The topological polar surface area (TPSA) is 139 Å². The number of carbonyl (C=O) groups excluding carboxylic acids is 1. The zero-order valence-electron chi connectivity index (χ0n) is 15.4. The maximum atomic E-state index is 12.3. The van der Waals surface area contributed by atoms with Crippen molar-refractivity contribution in [3.8, 4) is 5.75 Å². The summed E-state index contributed by atoms with van der Waals surface area (Å²) >= 11 is 0. The van der Waals surface area contributed by atoms with E-state index in [0.29, 0.717) is 6.54 Å². The lowest BCUT2D eigenvalue weighted by Gasteiger charge is -2.19. The second-order valence-electron chi connectivity index (χ2n) is 6.43. The molecule has 2 aromatic carbocycles. The summed E-state index contributed by atoms with van der Waals surface area (Å²) in [5.74, 6) is -3.29. The maximum Gasteiger partial charge on any atom is 0.475 e. The van der Waals surface area contributed by atoms with E-state index in [0.717, 1.165) is 11.1 Å². The Balaban J connectivity index is 2.05. The predicted molar refractivity (Wildman–Crippen MR) is 104 cm³/mol. The summed E-state index contributed by atoms with van der Waals surface area (Å²) < 4.78 is 0. The quantitative estimate of drug-likeness (QED) is 0.336. The molecule has 0 aromatic heterocycles. The van der Waals surface area contributed by atoms with Crippen LogP contribution in [0.1, 0.15) is 27.0 Å². The molecular weight excluding hydrogens is 363 g/mol.